The van der Waals surface area contributed by atoms with Crippen molar-refractivity contribution in [3.05, 3.63) is 64.1 Å². The lowest BCUT2D eigenvalue weighted by atomic mass is 9.85. The maximum absolute atomic E-state index is 6.27. The van der Waals surface area contributed by atoms with Crippen LogP contribution in [-0.4, -0.2) is 28.0 Å². The van der Waals surface area contributed by atoms with Crippen LogP contribution in [0.15, 0.2) is 36.7 Å². The predicted octanol–water partition coefficient (Wildman–Crippen LogP) is 4.23. The third kappa shape index (κ3) is 2.05. The van der Waals surface area contributed by atoms with Gasteiger partial charge in [0.15, 0.2) is 0 Å². The molecule has 1 aromatic carbocycles. The molecule has 1 aliphatic carbocycles. The zero-order valence-electron chi connectivity index (χ0n) is 13.6. The van der Waals surface area contributed by atoms with Crippen LogP contribution in [0.1, 0.15) is 22.4 Å². The summed E-state index contributed by atoms with van der Waals surface area (Å²) in [6.45, 7) is 2.09. The molecular formula is C20H18ClN3. The van der Waals surface area contributed by atoms with Crippen LogP contribution in [0.5, 0.6) is 0 Å². The molecule has 0 N–H and O–H groups in total. The molecule has 0 spiro atoms. The first-order valence-corrected chi connectivity index (χ1v) is 8.72. The largest absolute Gasteiger partial charge is 0.320 e. The number of allylic oxidation sites excluding steroid dienone is 1. The molecule has 0 saturated heterocycles. The Hall–Kier alpha value is -2.10. The predicted molar refractivity (Wildman–Crippen MR) is 99.1 cm³/mol. The highest BCUT2D eigenvalue weighted by molar-refractivity contribution is 6.31. The fourth-order valence-corrected chi connectivity index (χ4v) is 4.17. The molecular weight excluding hydrogens is 318 g/mol. The van der Waals surface area contributed by atoms with Crippen molar-refractivity contribution < 1.29 is 0 Å². The maximum Gasteiger partial charge on any atom is 0.0529 e. The van der Waals surface area contributed by atoms with Gasteiger partial charge in [0.25, 0.3) is 0 Å². The van der Waals surface area contributed by atoms with Gasteiger partial charge in [-0.25, -0.2) is 0 Å². The number of halogens is 1. The van der Waals surface area contributed by atoms with E-state index in [4.69, 9.17) is 11.6 Å². The van der Waals surface area contributed by atoms with Gasteiger partial charge in [0.05, 0.1) is 5.52 Å². The van der Waals surface area contributed by atoms with Gasteiger partial charge in [0.2, 0.25) is 0 Å². The van der Waals surface area contributed by atoms with E-state index in [0.29, 0.717) is 0 Å². The van der Waals surface area contributed by atoms with E-state index in [1.165, 1.54) is 38.9 Å². The van der Waals surface area contributed by atoms with Crippen LogP contribution in [0, 0.1) is 0 Å². The topological polar surface area (TPSA) is 21.1 Å². The molecule has 120 valence electrons. The van der Waals surface area contributed by atoms with Crippen molar-refractivity contribution in [3.63, 3.8) is 0 Å². The van der Waals surface area contributed by atoms with Crippen molar-refractivity contribution in [2.45, 2.75) is 19.4 Å². The number of benzene rings is 1. The number of pyridine rings is 1. The number of hydrogen-bond donors (Lipinski definition) is 0. The van der Waals surface area contributed by atoms with Crippen LogP contribution in [0.3, 0.4) is 0 Å². The minimum Gasteiger partial charge on any atom is -0.320 e. The molecule has 1 aliphatic heterocycles. The van der Waals surface area contributed by atoms with Crippen molar-refractivity contribution in [2.75, 3.05) is 13.6 Å². The third-order valence-corrected chi connectivity index (χ3v) is 5.49. The van der Waals surface area contributed by atoms with Gasteiger partial charge in [-0.3, -0.25) is 4.98 Å². The molecule has 3 heterocycles. The summed E-state index contributed by atoms with van der Waals surface area (Å²) in [7, 11) is 2.18. The van der Waals surface area contributed by atoms with Gasteiger partial charge in [0.1, 0.15) is 0 Å². The summed E-state index contributed by atoms with van der Waals surface area (Å²) < 4.78 is 2.40. The minimum absolute atomic E-state index is 0.809. The average molecular weight is 336 g/mol. The Kier molecular flexibility index (Phi) is 3.09. The first-order valence-electron chi connectivity index (χ1n) is 8.34. The van der Waals surface area contributed by atoms with E-state index < -0.39 is 0 Å². The van der Waals surface area contributed by atoms with Gasteiger partial charge in [-0.1, -0.05) is 11.6 Å². The van der Waals surface area contributed by atoms with E-state index in [1.54, 1.807) is 0 Å². The third-order valence-electron chi connectivity index (χ3n) is 5.26. The van der Waals surface area contributed by atoms with Gasteiger partial charge in [-0.05, 0) is 53.6 Å². The smallest absolute Gasteiger partial charge is 0.0529 e. The lowest BCUT2D eigenvalue weighted by Crippen LogP contribution is -2.27. The number of hydrogen-bond acceptors (Lipinski definition) is 2. The van der Waals surface area contributed by atoms with E-state index >= 15 is 0 Å². The second-order valence-corrected chi connectivity index (χ2v) is 7.24. The molecule has 2 aliphatic rings. The Labute approximate surface area is 146 Å². The van der Waals surface area contributed by atoms with Gasteiger partial charge in [-0.2, -0.15) is 0 Å². The molecule has 0 bridgehead atoms. The van der Waals surface area contributed by atoms with Crippen LogP contribution >= 0.6 is 11.6 Å². The molecule has 3 nitrogen and oxygen atoms in total. The lowest BCUT2D eigenvalue weighted by Gasteiger charge is -2.25. The second-order valence-electron chi connectivity index (χ2n) is 6.81. The first kappa shape index (κ1) is 14.3. The highest BCUT2D eigenvalue weighted by atomic mass is 35.5. The fraction of sp³-hybridized carbons (Fsp3) is 0.250. The second kappa shape index (κ2) is 5.20. The van der Waals surface area contributed by atoms with Crippen LogP contribution in [0.4, 0.5) is 0 Å². The van der Waals surface area contributed by atoms with Crippen molar-refractivity contribution in [2.24, 2.45) is 0 Å². The Morgan fingerprint density at radius 3 is 3.04 bits per heavy atom. The van der Waals surface area contributed by atoms with Gasteiger partial charge < -0.3 is 9.47 Å². The molecule has 0 fully saturated rings. The summed E-state index contributed by atoms with van der Waals surface area (Å²) in [6, 6.07) is 8.38. The van der Waals surface area contributed by atoms with Crippen molar-refractivity contribution in [3.8, 4) is 0 Å². The quantitative estimate of drug-likeness (QED) is 0.663. The summed E-state index contributed by atoms with van der Waals surface area (Å²) in [4.78, 5) is 6.59. The lowest BCUT2D eigenvalue weighted by molar-refractivity contribution is 0.312. The number of likely N-dealkylation sites (N-methyl/N-ethyl adjacent to an activating group) is 1. The van der Waals surface area contributed by atoms with Crippen LogP contribution in [0.2, 0.25) is 5.02 Å². The molecule has 0 saturated carbocycles. The van der Waals surface area contributed by atoms with Gasteiger partial charge >= 0.3 is 0 Å². The molecule has 5 rings (SSSR count). The van der Waals surface area contributed by atoms with E-state index in [-0.39, 0.29) is 0 Å². The Balaban J connectivity index is 1.72. The van der Waals surface area contributed by atoms with E-state index in [0.717, 1.165) is 31.0 Å². The summed E-state index contributed by atoms with van der Waals surface area (Å²) in [6.07, 6.45) is 8.26. The van der Waals surface area contributed by atoms with Crippen molar-refractivity contribution in [1.82, 2.24) is 14.5 Å². The van der Waals surface area contributed by atoms with Crippen LogP contribution in [-0.2, 0) is 19.4 Å². The molecule has 2 aromatic heterocycles. The van der Waals surface area contributed by atoms with Crippen LogP contribution < -0.4 is 0 Å². The van der Waals surface area contributed by atoms with E-state index in [9.17, 15) is 0 Å². The Morgan fingerprint density at radius 2 is 2.17 bits per heavy atom. The summed E-state index contributed by atoms with van der Waals surface area (Å²) >= 11 is 6.27. The number of rotatable bonds is 1. The van der Waals surface area contributed by atoms with E-state index in [2.05, 4.69) is 45.9 Å². The molecule has 0 amide bonds. The molecule has 0 unspecified atom stereocenters. The number of nitrogens with zero attached hydrogens (tertiary/aromatic N) is 3. The zero-order chi connectivity index (χ0) is 16.3. The summed E-state index contributed by atoms with van der Waals surface area (Å²) in [5.74, 6) is 0. The molecule has 3 aromatic rings. The van der Waals surface area contributed by atoms with Gasteiger partial charge in [0, 0.05) is 60.6 Å². The number of fused-ring (bicyclic) bond motifs is 4. The van der Waals surface area contributed by atoms with Crippen LogP contribution in [0.25, 0.3) is 22.7 Å². The minimum atomic E-state index is 0.809. The number of aromatic nitrogens is 2. The fourth-order valence-electron chi connectivity index (χ4n) is 3.99. The van der Waals surface area contributed by atoms with Crippen molar-refractivity contribution in [1.29, 1.82) is 0 Å². The molecule has 4 heteroatoms. The van der Waals surface area contributed by atoms with Gasteiger partial charge in [-0.15, -0.1) is 0 Å². The SMILES string of the molecule is CN1CCc2c(c3cc(Cl)ccc3n2C=C2Cc3cnccc32)C1. The first-order chi connectivity index (χ1) is 11.7. The van der Waals surface area contributed by atoms with Crippen molar-refractivity contribution >= 4 is 34.3 Å². The molecule has 0 atom stereocenters. The average Bonchev–Trinajstić information content (AvgIpc) is 2.85. The zero-order valence-corrected chi connectivity index (χ0v) is 14.3. The van der Waals surface area contributed by atoms with E-state index in [1.807, 2.05) is 18.5 Å². The standard InChI is InChI=1S/C20H18ClN3/c1-23-7-5-20-18(12-23)17-9-15(21)2-3-19(17)24(20)11-14-8-13-10-22-6-4-16(13)14/h2-4,6,9-11H,5,7-8,12H2,1H3. The summed E-state index contributed by atoms with van der Waals surface area (Å²) in [5.41, 5.74) is 8.18. The summed E-state index contributed by atoms with van der Waals surface area (Å²) in [5, 5.41) is 2.10. The maximum atomic E-state index is 6.27. The molecule has 0 radical (unpaired) electrons. The Morgan fingerprint density at radius 1 is 1.25 bits per heavy atom. The normalized spacial score (nSPS) is 18.5. The highest BCUT2D eigenvalue weighted by Gasteiger charge is 2.24. The Bertz CT molecular complexity index is 1000. The highest BCUT2D eigenvalue weighted by Crippen LogP contribution is 2.37. The monoisotopic (exact) mass is 335 g/mol. The molecule has 24 heavy (non-hydrogen) atoms.